The molecule has 1 fully saturated rings. The molecule has 2 unspecified atom stereocenters. The van der Waals surface area contributed by atoms with E-state index in [0.29, 0.717) is 18.2 Å². The van der Waals surface area contributed by atoms with Crippen molar-refractivity contribution in [1.29, 1.82) is 0 Å². The van der Waals surface area contributed by atoms with Crippen LogP contribution in [0.1, 0.15) is 34.8 Å². The molecule has 116 valence electrons. The van der Waals surface area contributed by atoms with Gasteiger partial charge in [0.15, 0.2) is 5.69 Å². The normalized spacial score (nSPS) is 21.2. The fourth-order valence-corrected chi connectivity index (χ4v) is 4.11. The second-order valence-electron chi connectivity index (χ2n) is 4.89. The highest BCUT2D eigenvalue weighted by molar-refractivity contribution is 7.99. The lowest BCUT2D eigenvalue weighted by Gasteiger charge is -2.19. The number of thioether (sulfide) groups is 1. The standard InChI is InChI=1S/C13H19N3O3S2/c1-20-10-4-2-3-8(10)16-13(19)14-6-5-11-15-9(7-21-11)12(17)18/h7-8,10H,2-6H2,1H3,(H,17,18)(H2,14,16,19). The number of carboxylic acid groups (broad SMARTS) is 1. The number of urea groups is 1. The van der Waals surface area contributed by atoms with E-state index in [2.05, 4.69) is 21.9 Å². The van der Waals surface area contributed by atoms with Crippen LogP contribution in [0.25, 0.3) is 0 Å². The highest BCUT2D eigenvalue weighted by Gasteiger charge is 2.27. The Hall–Kier alpha value is -1.28. The SMILES string of the molecule is CSC1CCCC1NC(=O)NCCc1nc(C(=O)O)cs1. The van der Waals surface area contributed by atoms with Crippen molar-refractivity contribution in [3.05, 3.63) is 16.1 Å². The maximum absolute atomic E-state index is 11.8. The molecule has 1 heterocycles. The van der Waals surface area contributed by atoms with Gasteiger partial charge in [-0.3, -0.25) is 0 Å². The number of thiazole rings is 1. The number of amides is 2. The summed E-state index contributed by atoms with van der Waals surface area (Å²) in [5, 5.41) is 17.3. The average molecular weight is 329 g/mol. The molecule has 2 atom stereocenters. The minimum atomic E-state index is -1.02. The number of nitrogens with one attached hydrogen (secondary N) is 2. The van der Waals surface area contributed by atoms with Crippen LogP contribution in [0.4, 0.5) is 4.79 Å². The number of aromatic nitrogens is 1. The van der Waals surface area contributed by atoms with E-state index in [0.717, 1.165) is 24.3 Å². The van der Waals surface area contributed by atoms with Crippen LogP contribution in [0, 0.1) is 0 Å². The summed E-state index contributed by atoms with van der Waals surface area (Å²) in [5.41, 5.74) is 0.0632. The summed E-state index contributed by atoms with van der Waals surface area (Å²) < 4.78 is 0. The van der Waals surface area contributed by atoms with Gasteiger partial charge in [-0.05, 0) is 19.1 Å². The Morgan fingerprint density at radius 1 is 1.52 bits per heavy atom. The van der Waals surface area contributed by atoms with Gasteiger partial charge < -0.3 is 15.7 Å². The predicted octanol–water partition coefficient (Wildman–Crippen LogP) is 1.97. The average Bonchev–Trinajstić information content (AvgIpc) is 3.07. The van der Waals surface area contributed by atoms with Crippen LogP contribution < -0.4 is 10.6 Å². The molecule has 1 aromatic heterocycles. The molecule has 0 spiro atoms. The summed E-state index contributed by atoms with van der Waals surface area (Å²) in [6, 6.07) is 0.0921. The molecular formula is C13H19N3O3S2. The van der Waals surface area contributed by atoms with E-state index in [1.165, 1.54) is 16.7 Å². The third-order valence-electron chi connectivity index (χ3n) is 3.47. The van der Waals surface area contributed by atoms with Gasteiger partial charge in [-0.15, -0.1) is 11.3 Å². The monoisotopic (exact) mass is 329 g/mol. The number of rotatable bonds is 6. The molecule has 1 aliphatic rings. The van der Waals surface area contributed by atoms with Gasteiger partial charge in [-0.1, -0.05) is 6.42 Å². The Labute approximate surface area is 131 Å². The van der Waals surface area contributed by atoms with E-state index >= 15 is 0 Å². The Morgan fingerprint density at radius 3 is 3.00 bits per heavy atom. The first-order valence-corrected chi connectivity index (χ1v) is 9.01. The lowest BCUT2D eigenvalue weighted by Crippen LogP contribution is -2.45. The van der Waals surface area contributed by atoms with Gasteiger partial charge in [-0.25, -0.2) is 14.6 Å². The van der Waals surface area contributed by atoms with Gasteiger partial charge in [0, 0.05) is 29.6 Å². The molecule has 2 rings (SSSR count). The van der Waals surface area contributed by atoms with Crippen molar-refractivity contribution < 1.29 is 14.7 Å². The largest absolute Gasteiger partial charge is 0.476 e. The third-order valence-corrected chi connectivity index (χ3v) is 5.55. The van der Waals surface area contributed by atoms with E-state index in [-0.39, 0.29) is 17.8 Å². The zero-order valence-corrected chi connectivity index (χ0v) is 13.4. The summed E-state index contributed by atoms with van der Waals surface area (Å²) in [4.78, 5) is 26.5. The molecule has 6 nitrogen and oxygen atoms in total. The van der Waals surface area contributed by atoms with Crippen LogP contribution in [0.3, 0.4) is 0 Å². The van der Waals surface area contributed by atoms with Gasteiger partial charge in [0.05, 0.1) is 5.01 Å². The quantitative estimate of drug-likeness (QED) is 0.742. The summed E-state index contributed by atoms with van der Waals surface area (Å²) in [7, 11) is 0. The molecule has 3 N–H and O–H groups in total. The first-order valence-electron chi connectivity index (χ1n) is 6.85. The number of nitrogens with zero attached hydrogens (tertiary/aromatic N) is 1. The van der Waals surface area contributed by atoms with Crippen LogP contribution in [-0.4, -0.2) is 46.2 Å². The Morgan fingerprint density at radius 2 is 2.33 bits per heavy atom. The highest BCUT2D eigenvalue weighted by atomic mass is 32.2. The van der Waals surface area contributed by atoms with Gasteiger partial charge in [-0.2, -0.15) is 11.8 Å². The van der Waals surface area contributed by atoms with Crippen LogP contribution in [0.5, 0.6) is 0 Å². The number of carboxylic acids is 1. The predicted molar refractivity (Wildman–Crippen MR) is 84.3 cm³/mol. The number of hydrogen-bond donors (Lipinski definition) is 3. The molecule has 1 aliphatic carbocycles. The van der Waals surface area contributed by atoms with Crippen LogP contribution in [0.2, 0.25) is 0 Å². The first-order chi connectivity index (χ1) is 10.1. The van der Waals surface area contributed by atoms with E-state index in [1.807, 2.05) is 0 Å². The molecule has 8 heteroatoms. The van der Waals surface area contributed by atoms with Crippen molar-refractivity contribution >= 4 is 35.1 Å². The summed E-state index contributed by atoms with van der Waals surface area (Å²) in [5.74, 6) is -1.02. The third kappa shape index (κ3) is 4.60. The van der Waals surface area contributed by atoms with Crippen molar-refractivity contribution in [1.82, 2.24) is 15.6 Å². The topological polar surface area (TPSA) is 91.3 Å². The van der Waals surface area contributed by atoms with Crippen molar-refractivity contribution in [3.63, 3.8) is 0 Å². The minimum Gasteiger partial charge on any atom is -0.476 e. The van der Waals surface area contributed by atoms with E-state index in [1.54, 1.807) is 11.8 Å². The zero-order chi connectivity index (χ0) is 15.2. The maximum Gasteiger partial charge on any atom is 0.355 e. The Kier molecular flexibility index (Phi) is 5.86. The highest BCUT2D eigenvalue weighted by Crippen LogP contribution is 2.28. The molecule has 0 aromatic carbocycles. The first kappa shape index (κ1) is 16.1. The molecule has 21 heavy (non-hydrogen) atoms. The van der Waals surface area contributed by atoms with E-state index < -0.39 is 5.97 Å². The lowest BCUT2D eigenvalue weighted by atomic mass is 10.2. The number of carbonyl (C=O) groups is 2. The van der Waals surface area contributed by atoms with Crippen LogP contribution in [-0.2, 0) is 6.42 Å². The fraction of sp³-hybridized carbons (Fsp3) is 0.615. The smallest absolute Gasteiger partial charge is 0.355 e. The fourth-order valence-electron chi connectivity index (χ4n) is 2.40. The van der Waals surface area contributed by atoms with Crippen molar-refractivity contribution in [2.75, 3.05) is 12.8 Å². The number of carbonyl (C=O) groups excluding carboxylic acids is 1. The second kappa shape index (κ2) is 7.65. The van der Waals surface area contributed by atoms with Crippen molar-refractivity contribution in [2.24, 2.45) is 0 Å². The van der Waals surface area contributed by atoms with Crippen molar-refractivity contribution in [2.45, 2.75) is 37.0 Å². The summed E-state index contributed by atoms with van der Waals surface area (Å²) >= 11 is 3.10. The maximum atomic E-state index is 11.8. The van der Waals surface area contributed by atoms with Gasteiger partial charge >= 0.3 is 12.0 Å². The Bertz CT molecular complexity index is 507. The van der Waals surface area contributed by atoms with Gasteiger partial charge in [0.2, 0.25) is 0 Å². The summed E-state index contributed by atoms with van der Waals surface area (Å²) in [6.45, 7) is 0.453. The Balaban J connectivity index is 1.70. The molecule has 0 bridgehead atoms. The number of hydrogen-bond acceptors (Lipinski definition) is 5. The molecular weight excluding hydrogens is 310 g/mol. The van der Waals surface area contributed by atoms with Crippen LogP contribution >= 0.6 is 23.1 Å². The lowest BCUT2D eigenvalue weighted by molar-refractivity contribution is 0.0691. The van der Waals surface area contributed by atoms with Crippen molar-refractivity contribution in [3.8, 4) is 0 Å². The molecule has 0 radical (unpaired) electrons. The molecule has 0 saturated heterocycles. The van der Waals surface area contributed by atoms with Gasteiger partial charge in [0.25, 0.3) is 0 Å². The van der Waals surface area contributed by atoms with Gasteiger partial charge in [0.1, 0.15) is 0 Å². The molecule has 2 amide bonds. The molecule has 0 aliphatic heterocycles. The van der Waals surface area contributed by atoms with E-state index in [9.17, 15) is 9.59 Å². The van der Waals surface area contributed by atoms with E-state index in [4.69, 9.17) is 5.11 Å². The number of aromatic carboxylic acids is 1. The zero-order valence-electron chi connectivity index (χ0n) is 11.8. The minimum absolute atomic E-state index is 0.0632. The van der Waals surface area contributed by atoms with Crippen LogP contribution in [0.15, 0.2) is 5.38 Å². The second-order valence-corrected chi connectivity index (χ2v) is 6.91. The molecule has 1 saturated carbocycles. The summed E-state index contributed by atoms with van der Waals surface area (Å²) in [6.07, 6.45) is 5.97. The molecule has 1 aromatic rings.